The number of hydrogen-bond acceptors (Lipinski definition) is 5. The smallest absolute Gasteiger partial charge is 0.349 e. The highest BCUT2D eigenvalue weighted by molar-refractivity contribution is 6.08. The summed E-state index contributed by atoms with van der Waals surface area (Å²) in [5.74, 6) is 0.230. The van der Waals surface area contributed by atoms with Crippen molar-refractivity contribution in [2.45, 2.75) is 6.42 Å². The number of esters is 1. The van der Waals surface area contributed by atoms with Gasteiger partial charge in [0.2, 0.25) is 0 Å². The first-order valence-electron chi connectivity index (χ1n) is 8.65. The Morgan fingerprint density at radius 2 is 1.39 bits per heavy atom. The quantitative estimate of drug-likeness (QED) is 0.357. The van der Waals surface area contributed by atoms with Gasteiger partial charge in [-0.1, -0.05) is 42.5 Å². The first-order valence-corrected chi connectivity index (χ1v) is 8.65. The number of carbonyl (C=O) groups is 2. The van der Waals surface area contributed by atoms with E-state index in [4.69, 9.17) is 14.7 Å². The third-order valence-corrected chi connectivity index (χ3v) is 3.95. The average Bonchev–Trinajstić information content (AvgIpc) is 2.74. The van der Waals surface area contributed by atoms with Crippen molar-refractivity contribution in [1.29, 1.82) is 5.26 Å². The Balaban J connectivity index is 1.52. The predicted molar refractivity (Wildman–Crippen MR) is 103 cm³/mol. The molecule has 0 saturated carbocycles. The minimum Gasteiger partial charge on any atom is -0.482 e. The molecule has 0 fully saturated rings. The number of ether oxygens (including phenoxy) is 2. The van der Waals surface area contributed by atoms with Crippen LogP contribution in [0.3, 0.4) is 0 Å². The van der Waals surface area contributed by atoms with E-state index in [2.05, 4.69) is 6.07 Å². The summed E-state index contributed by atoms with van der Waals surface area (Å²) in [5, 5.41) is 8.65. The average molecular weight is 371 g/mol. The fourth-order valence-electron chi connectivity index (χ4n) is 2.53. The van der Waals surface area contributed by atoms with Gasteiger partial charge in [0.15, 0.2) is 12.4 Å². The Kier molecular flexibility index (Phi) is 6.17. The standard InChI is InChI=1S/C23H17NO4/c24-15-14-17-6-10-21(11-7-17)28-22(25)16-27-20-12-8-19(9-13-20)23(26)18-4-2-1-3-5-18/h1-13H,14,16H2. The summed E-state index contributed by atoms with van der Waals surface area (Å²) in [6.45, 7) is -0.258. The minimum absolute atomic E-state index is 0.0774. The SMILES string of the molecule is N#CCc1ccc(OC(=O)COc2ccc(C(=O)c3ccccc3)cc2)cc1. The van der Waals surface area contributed by atoms with Crippen LogP contribution < -0.4 is 9.47 Å². The van der Waals surface area contributed by atoms with Crippen LogP contribution in [0.25, 0.3) is 0 Å². The van der Waals surface area contributed by atoms with Gasteiger partial charge in [-0.15, -0.1) is 0 Å². The first-order chi connectivity index (χ1) is 13.7. The van der Waals surface area contributed by atoms with Gasteiger partial charge >= 0.3 is 5.97 Å². The van der Waals surface area contributed by atoms with Gasteiger partial charge in [-0.3, -0.25) is 4.79 Å². The van der Waals surface area contributed by atoms with Crippen LogP contribution in [0.4, 0.5) is 0 Å². The first kappa shape index (κ1) is 18.9. The molecule has 5 heteroatoms. The van der Waals surface area contributed by atoms with Crippen molar-refractivity contribution in [3.63, 3.8) is 0 Å². The molecular formula is C23H17NO4. The van der Waals surface area contributed by atoms with E-state index < -0.39 is 5.97 Å². The lowest BCUT2D eigenvalue weighted by atomic mass is 10.0. The zero-order valence-electron chi connectivity index (χ0n) is 15.0. The summed E-state index contributed by atoms with van der Waals surface area (Å²) in [6.07, 6.45) is 0.306. The number of ketones is 1. The largest absolute Gasteiger partial charge is 0.482 e. The molecule has 0 aliphatic rings. The van der Waals surface area contributed by atoms with E-state index >= 15 is 0 Å². The second-order valence-electron chi connectivity index (χ2n) is 5.96. The summed E-state index contributed by atoms with van der Waals surface area (Å²) in [6, 6.07) is 24.4. The summed E-state index contributed by atoms with van der Waals surface area (Å²) < 4.78 is 10.6. The van der Waals surface area contributed by atoms with Crippen LogP contribution in [-0.4, -0.2) is 18.4 Å². The fourth-order valence-corrected chi connectivity index (χ4v) is 2.53. The molecule has 0 amide bonds. The van der Waals surface area contributed by atoms with Crippen LogP contribution >= 0.6 is 0 Å². The van der Waals surface area contributed by atoms with Crippen LogP contribution in [0.1, 0.15) is 21.5 Å². The third kappa shape index (κ3) is 5.05. The Morgan fingerprint density at radius 1 is 0.786 bits per heavy atom. The van der Waals surface area contributed by atoms with E-state index in [1.54, 1.807) is 60.7 Å². The van der Waals surface area contributed by atoms with E-state index in [0.29, 0.717) is 29.0 Å². The molecule has 0 N–H and O–H groups in total. The number of benzene rings is 3. The lowest BCUT2D eigenvalue weighted by Gasteiger charge is -2.08. The van der Waals surface area contributed by atoms with Crippen molar-refractivity contribution in [3.8, 4) is 17.6 Å². The summed E-state index contributed by atoms with van der Waals surface area (Å²) in [5.41, 5.74) is 2.00. The number of nitrogens with zero attached hydrogens (tertiary/aromatic N) is 1. The molecule has 0 spiro atoms. The zero-order chi connectivity index (χ0) is 19.8. The van der Waals surface area contributed by atoms with Gasteiger partial charge < -0.3 is 9.47 Å². The maximum absolute atomic E-state index is 12.4. The van der Waals surface area contributed by atoms with Crippen molar-refractivity contribution in [2.75, 3.05) is 6.61 Å². The Labute approximate surface area is 162 Å². The maximum atomic E-state index is 12.4. The predicted octanol–water partition coefficient (Wildman–Crippen LogP) is 3.97. The number of carbonyl (C=O) groups excluding carboxylic acids is 2. The third-order valence-electron chi connectivity index (χ3n) is 3.95. The Morgan fingerprint density at radius 3 is 2.04 bits per heavy atom. The molecule has 0 atom stereocenters. The fraction of sp³-hybridized carbons (Fsp3) is 0.0870. The van der Waals surface area contributed by atoms with Crippen LogP contribution in [0.2, 0.25) is 0 Å². The Bertz CT molecular complexity index is 988. The van der Waals surface area contributed by atoms with Crippen molar-refractivity contribution >= 4 is 11.8 Å². The van der Waals surface area contributed by atoms with Crippen LogP contribution in [0.5, 0.6) is 11.5 Å². The van der Waals surface area contributed by atoms with Gasteiger partial charge in [0.05, 0.1) is 12.5 Å². The van der Waals surface area contributed by atoms with E-state index in [1.165, 1.54) is 0 Å². The maximum Gasteiger partial charge on any atom is 0.349 e. The second kappa shape index (κ2) is 9.15. The molecule has 0 aliphatic heterocycles. The van der Waals surface area contributed by atoms with Crippen molar-refractivity contribution < 1.29 is 19.1 Å². The van der Waals surface area contributed by atoms with E-state index in [-0.39, 0.29) is 12.4 Å². The summed E-state index contributed by atoms with van der Waals surface area (Å²) >= 11 is 0. The van der Waals surface area contributed by atoms with Crippen LogP contribution in [0.15, 0.2) is 78.9 Å². The van der Waals surface area contributed by atoms with Crippen LogP contribution in [-0.2, 0) is 11.2 Å². The van der Waals surface area contributed by atoms with Crippen molar-refractivity contribution in [2.24, 2.45) is 0 Å². The molecule has 3 rings (SSSR count). The molecule has 0 heterocycles. The van der Waals surface area contributed by atoms with Crippen LogP contribution in [0, 0.1) is 11.3 Å². The highest BCUT2D eigenvalue weighted by Gasteiger charge is 2.10. The molecule has 0 radical (unpaired) electrons. The summed E-state index contributed by atoms with van der Waals surface area (Å²) in [4.78, 5) is 24.3. The molecule has 3 aromatic rings. The molecule has 0 aromatic heterocycles. The van der Waals surface area contributed by atoms with Gasteiger partial charge in [-0.2, -0.15) is 5.26 Å². The highest BCUT2D eigenvalue weighted by Crippen LogP contribution is 2.16. The van der Waals surface area contributed by atoms with Crippen molar-refractivity contribution in [1.82, 2.24) is 0 Å². The molecule has 0 aliphatic carbocycles. The van der Waals surface area contributed by atoms with Gasteiger partial charge in [0, 0.05) is 11.1 Å². The molecule has 0 unspecified atom stereocenters. The number of rotatable bonds is 7. The van der Waals surface area contributed by atoms with Crippen molar-refractivity contribution in [3.05, 3.63) is 95.6 Å². The Hall–Kier alpha value is -3.91. The molecule has 5 nitrogen and oxygen atoms in total. The van der Waals surface area contributed by atoms with Gasteiger partial charge in [-0.05, 0) is 42.0 Å². The summed E-state index contributed by atoms with van der Waals surface area (Å²) in [7, 11) is 0. The second-order valence-corrected chi connectivity index (χ2v) is 5.96. The van der Waals surface area contributed by atoms with E-state index in [0.717, 1.165) is 5.56 Å². The zero-order valence-corrected chi connectivity index (χ0v) is 15.0. The number of hydrogen-bond donors (Lipinski definition) is 0. The molecule has 0 saturated heterocycles. The van der Waals surface area contributed by atoms with Gasteiger partial charge in [0.1, 0.15) is 11.5 Å². The molecular weight excluding hydrogens is 354 g/mol. The van der Waals surface area contributed by atoms with Gasteiger partial charge in [0.25, 0.3) is 0 Å². The lowest BCUT2D eigenvalue weighted by molar-refractivity contribution is -0.136. The molecule has 28 heavy (non-hydrogen) atoms. The minimum atomic E-state index is -0.544. The van der Waals surface area contributed by atoms with E-state index in [1.807, 2.05) is 18.2 Å². The van der Waals surface area contributed by atoms with Gasteiger partial charge in [-0.25, -0.2) is 4.79 Å². The topological polar surface area (TPSA) is 76.4 Å². The molecule has 138 valence electrons. The normalized spacial score (nSPS) is 9.96. The number of nitriles is 1. The monoisotopic (exact) mass is 371 g/mol. The molecule has 0 bridgehead atoms. The lowest BCUT2D eigenvalue weighted by Crippen LogP contribution is -2.17. The highest BCUT2D eigenvalue weighted by atomic mass is 16.6. The molecule has 3 aromatic carbocycles. The van der Waals surface area contributed by atoms with E-state index in [9.17, 15) is 9.59 Å².